The Morgan fingerprint density at radius 3 is 1.97 bits per heavy atom. The third-order valence-electron chi connectivity index (χ3n) is 7.61. The first-order valence-corrected chi connectivity index (χ1v) is 13.2. The average Bonchev–Trinajstić information content (AvgIpc) is 2.91. The van der Waals surface area contributed by atoms with Crippen LogP contribution in [-0.4, -0.2) is 40.6 Å². The Morgan fingerprint density at radius 1 is 0.861 bits per heavy atom. The Hall–Kier alpha value is -2.95. The lowest BCUT2D eigenvalue weighted by molar-refractivity contribution is -0.120. The zero-order chi connectivity index (χ0) is 25.5. The molecule has 1 aliphatic rings. The SMILES string of the molecule is CC(C)(CO)c1ccc(C(CCC(=O)C(c2ccccc2)c2ccccc2)N2CCCCC2)cc1O. The fourth-order valence-corrected chi connectivity index (χ4v) is 5.48. The summed E-state index contributed by atoms with van der Waals surface area (Å²) in [5.41, 5.74) is 3.32. The van der Waals surface area contributed by atoms with Gasteiger partial charge in [0.05, 0.1) is 12.5 Å². The molecule has 1 aliphatic heterocycles. The van der Waals surface area contributed by atoms with Gasteiger partial charge in [-0.15, -0.1) is 0 Å². The molecule has 1 heterocycles. The Morgan fingerprint density at radius 2 is 1.44 bits per heavy atom. The van der Waals surface area contributed by atoms with Gasteiger partial charge in [0, 0.05) is 23.4 Å². The number of aliphatic hydroxyl groups excluding tert-OH is 1. The predicted octanol–water partition coefficient (Wildman–Crippen LogP) is 6.37. The number of aliphatic hydroxyl groups is 1. The lowest BCUT2D eigenvalue weighted by Crippen LogP contribution is -2.34. The van der Waals surface area contributed by atoms with Crippen molar-refractivity contribution < 1.29 is 15.0 Å². The maximum absolute atomic E-state index is 13.8. The standard InChI is InChI=1S/C32H39NO3/c1-32(2,23-34)27-17-16-26(22-30(27)36)28(33-20-10-5-11-21-33)18-19-29(35)31(24-12-6-3-7-13-24)25-14-8-4-9-15-25/h3-4,6-9,12-17,22,28,31,34,36H,5,10-11,18-21,23H2,1-2H3. The van der Waals surface area contributed by atoms with E-state index >= 15 is 0 Å². The van der Waals surface area contributed by atoms with Gasteiger partial charge in [-0.2, -0.15) is 0 Å². The van der Waals surface area contributed by atoms with Crippen molar-refractivity contribution in [3.8, 4) is 5.75 Å². The van der Waals surface area contributed by atoms with Crippen LogP contribution in [0.2, 0.25) is 0 Å². The average molecular weight is 486 g/mol. The van der Waals surface area contributed by atoms with E-state index in [9.17, 15) is 15.0 Å². The predicted molar refractivity (Wildman–Crippen MR) is 145 cm³/mol. The molecule has 0 aliphatic carbocycles. The monoisotopic (exact) mass is 485 g/mol. The molecule has 0 radical (unpaired) electrons. The smallest absolute Gasteiger partial charge is 0.144 e. The minimum atomic E-state index is -0.516. The molecule has 4 nitrogen and oxygen atoms in total. The first-order chi connectivity index (χ1) is 17.4. The van der Waals surface area contributed by atoms with E-state index in [1.54, 1.807) is 0 Å². The van der Waals surface area contributed by atoms with Gasteiger partial charge in [-0.1, -0.05) is 93.1 Å². The number of hydrogen-bond acceptors (Lipinski definition) is 4. The molecule has 4 rings (SSSR count). The summed E-state index contributed by atoms with van der Waals surface area (Å²) in [5.74, 6) is 0.151. The van der Waals surface area contributed by atoms with E-state index in [2.05, 4.69) is 11.0 Å². The summed E-state index contributed by atoms with van der Waals surface area (Å²) in [4.78, 5) is 16.2. The van der Waals surface area contributed by atoms with Gasteiger partial charge >= 0.3 is 0 Å². The van der Waals surface area contributed by atoms with Crippen LogP contribution >= 0.6 is 0 Å². The third-order valence-corrected chi connectivity index (χ3v) is 7.61. The number of phenols is 1. The fraction of sp³-hybridized carbons (Fsp3) is 0.406. The zero-order valence-electron chi connectivity index (χ0n) is 21.6. The van der Waals surface area contributed by atoms with Gasteiger partial charge in [0.25, 0.3) is 0 Å². The van der Waals surface area contributed by atoms with Crippen molar-refractivity contribution in [1.82, 2.24) is 4.90 Å². The first-order valence-electron chi connectivity index (χ1n) is 13.2. The number of aromatic hydroxyl groups is 1. The lowest BCUT2D eigenvalue weighted by Gasteiger charge is -2.35. The largest absolute Gasteiger partial charge is 0.508 e. The molecule has 1 unspecified atom stereocenters. The summed E-state index contributed by atoms with van der Waals surface area (Å²) < 4.78 is 0. The van der Waals surface area contributed by atoms with Crippen molar-refractivity contribution >= 4 is 5.78 Å². The number of rotatable bonds is 10. The molecule has 0 aromatic heterocycles. The quantitative estimate of drug-likeness (QED) is 0.350. The molecule has 1 atom stereocenters. The van der Waals surface area contributed by atoms with E-state index < -0.39 is 5.41 Å². The molecule has 1 fully saturated rings. The fourth-order valence-electron chi connectivity index (χ4n) is 5.48. The minimum Gasteiger partial charge on any atom is -0.508 e. The molecule has 190 valence electrons. The number of nitrogens with zero attached hydrogens (tertiary/aromatic N) is 1. The van der Waals surface area contributed by atoms with Crippen molar-refractivity contribution in [3.05, 3.63) is 101 Å². The van der Waals surface area contributed by atoms with Crippen LogP contribution < -0.4 is 0 Å². The number of benzene rings is 3. The Labute approximate surface area is 215 Å². The maximum Gasteiger partial charge on any atom is 0.144 e. The zero-order valence-corrected chi connectivity index (χ0v) is 21.6. The molecule has 0 amide bonds. The van der Waals surface area contributed by atoms with Crippen LogP contribution in [0.1, 0.15) is 80.2 Å². The van der Waals surface area contributed by atoms with Crippen molar-refractivity contribution in [3.63, 3.8) is 0 Å². The van der Waals surface area contributed by atoms with Crippen LogP contribution in [0.5, 0.6) is 5.75 Å². The first kappa shape index (κ1) is 26.1. The highest BCUT2D eigenvalue weighted by Gasteiger charge is 2.29. The molecular formula is C32H39NO3. The van der Waals surface area contributed by atoms with Crippen molar-refractivity contribution in [2.75, 3.05) is 19.7 Å². The number of carbonyl (C=O) groups is 1. The van der Waals surface area contributed by atoms with E-state index in [0.717, 1.165) is 48.2 Å². The van der Waals surface area contributed by atoms with Gasteiger partial charge in [-0.3, -0.25) is 9.69 Å². The van der Waals surface area contributed by atoms with Gasteiger partial charge in [-0.25, -0.2) is 0 Å². The van der Waals surface area contributed by atoms with Crippen molar-refractivity contribution in [1.29, 1.82) is 0 Å². The summed E-state index contributed by atoms with van der Waals surface area (Å²) >= 11 is 0. The van der Waals surface area contributed by atoms with E-state index in [1.165, 1.54) is 6.42 Å². The second-order valence-electron chi connectivity index (χ2n) is 10.7. The molecule has 2 N–H and O–H groups in total. The second kappa shape index (κ2) is 11.9. The Kier molecular flexibility index (Phi) is 8.60. The van der Waals surface area contributed by atoms with Gasteiger partial charge in [-0.05, 0) is 55.1 Å². The Bertz CT molecular complexity index is 1080. The molecule has 1 saturated heterocycles. The Balaban J connectivity index is 1.60. The summed E-state index contributed by atoms with van der Waals surface area (Å²) in [6.07, 6.45) is 4.71. The number of likely N-dealkylation sites (tertiary alicyclic amines) is 1. The molecule has 3 aromatic carbocycles. The van der Waals surface area contributed by atoms with Gasteiger partial charge < -0.3 is 10.2 Å². The van der Waals surface area contributed by atoms with E-state index in [4.69, 9.17) is 0 Å². The highest BCUT2D eigenvalue weighted by atomic mass is 16.3. The molecule has 3 aromatic rings. The number of Topliss-reactive ketones (excluding diaryl/α,β-unsaturated/α-hetero) is 1. The van der Waals surface area contributed by atoms with E-state index in [1.807, 2.05) is 86.6 Å². The molecule has 0 saturated carbocycles. The van der Waals surface area contributed by atoms with E-state index in [-0.39, 0.29) is 30.1 Å². The second-order valence-corrected chi connectivity index (χ2v) is 10.7. The highest BCUT2D eigenvalue weighted by Crippen LogP contribution is 2.37. The van der Waals surface area contributed by atoms with Crippen LogP contribution in [0.4, 0.5) is 0 Å². The third kappa shape index (κ3) is 6.05. The molecule has 36 heavy (non-hydrogen) atoms. The van der Waals surface area contributed by atoms with Crippen LogP contribution in [0.15, 0.2) is 78.9 Å². The van der Waals surface area contributed by atoms with Crippen LogP contribution in [0, 0.1) is 0 Å². The number of ketones is 1. The molecule has 0 bridgehead atoms. The summed E-state index contributed by atoms with van der Waals surface area (Å²) in [6.45, 7) is 5.82. The normalized spacial score (nSPS) is 15.7. The molecule has 4 heteroatoms. The number of piperidine rings is 1. The van der Waals surface area contributed by atoms with Crippen molar-refractivity contribution in [2.45, 2.75) is 63.3 Å². The van der Waals surface area contributed by atoms with Crippen LogP contribution in [0.25, 0.3) is 0 Å². The topological polar surface area (TPSA) is 60.8 Å². The molecular weight excluding hydrogens is 446 g/mol. The molecule has 0 spiro atoms. The van der Waals surface area contributed by atoms with Gasteiger partial charge in [0.15, 0.2) is 0 Å². The van der Waals surface area contributed by atoms with Crippen LogP contribution in [-0.2, 0) is 10.2 Å². The van der Waals surface area contributed by atoms with Gasteiger partial charge in [0.2, 0.25) is 0 Å². The highest BCUT2D eigenvalue weighted by molar-refractivity contribution is 5.89. The minimum absolute atomic E-state index is 0.0374. The number of carbonyl (C=O) groups excluding carboxylic acids is 1. The van der Waals surface area contributed by atoms with Crippen LogP contribution in [0.3, 0.4) is 0 Å². The summed E-state index contributed by atoms with van der Waals surface area (Å²) in [7, 11) is 0. The lowest BCUT2D eigenvalue weighted by atomic mass is 9.82. The van der Waals surface area contributed by atoms with Crippen molar-refractivity contribution in [2.24, 2.45) is 0 Å². The summed E-state index contributed by atoms with van der Waals surface area (Å²) in [6, 6.07) is 26.0. The number of phenolic OH excluding ortho intramolecular Hbond substituents is 1. The van der Waals surface area contributed by atoms with Gasteiger partial charge in [0.1, 0.15) is 11.5 Å². The maximum atomic E-state index is 13.8. The summed E-state index contributed by atoms with van der Waals surface area (Å²) in [5, 5.41) is 20.7. The van der Waals surface area contributed by atoms with E-state index in [0.29, 0.717) is 12.8 Å². The number of hydrogen-bond donors (Lipinski definition) is 2.